The number of fused-ring (bicyclic) bond motifs is 1. The van der Waals surface area contributed by atoms with Crippen molar-refractivity contribution in [2.24, 2.45) is 0 Å². The quantitative estimate of drug-likeness (QED) is 0.381. The number of carbonyl (C=O) groups excluding carboxylic acids is 2. The van der Waals surface area contributed by atoms with Gasteiger partial charge in [0.25, 0.3) is 11.8 Å². The van der Waals surface area contributed by atoms with Crippen LogP contribution < -0.4 is 5.32 Å². The number of amides is 2. The first-order valence-electron chi connectivity index (χ1n) is 7.91. The van der Waals surface area contributed by atoms with Gasteiger partial charge in [-0.15, -0.1) is 11.8 Å². The lowest BCUT2D eigenvalue weighted by Crippen LogP contribution is -2.71. The van der Waals surface area contributed by atoms with E-state index in [1.807, 2.05) is 0 Å². The van der Waals surface area contributed by atoms with Crippen LogP contribution in [0.4, 0.5) is 0 Å². The number of methoxy groups -OCH3 is 1. The van der Waals surface area contributed by atoms with E-state index in [1.54, 1.807) is 30.3 Å². The fraction of sp³-hybridized carbons (Fsp3) is 0.294. The highest BCUT2D eigenvalue weighted by atomic mass is 32.2. The Morgan fingerprint density at radius 1 is 1.37 bits per heavy atom. The Bertz CT molecular complexity index is 879. The second kappa shape index (κ2) is 8.07. The van der Waals surface area contributed by atoms with E-state index in [4.69, 9.17) is 4.74 Å². The Labute approximate surface area is 162 Å². The van der Waals surface area contributed by atoms with Crippen LogP contribution in [-0.4, -0.2) is 67.7 Å². The number of nitrogens with one attached hydrogen (secondary N) is 1. The number of carbonyl (C=O) groups is 3. The van der Waals surface area contributed by atoms with Crippen molar-refractivity contribution in [3.05, 3.63) is 47.2 Å². The van der Waals surface area contributed by atoms with Crippen molar-refractivity contribution in [1.82, 2.24) is 10.2 Å². The standard InChI is InChI=1S/C17H16N2O6S2/c1-25-7-10-8-26-16-11(15(21)19(16)12(10)17(22)23)18-14(20)13(27-24)9-5-3-2-4-6-9/h2-6,11,16H,7-8H2,1H3,(H,18,20)(H,22,23)/t11?,16-/m1/s1. The number of thioether (sulfide) groups is 1. The van der Waals surface area contributed by atoms with Gasteiger partial charge in [-0.25, -0.2) is 9.00 Å². The summed E-state index contributed by atoms with van der Waals surface area (Å²) in [5.74, 6) is -2.00. The minimum atomic E-state index is -1.21. The summed E-state index contributed by atoms with van der Waals surface area (Å²) < 4.78 is 16.4. The number of β-lactam (4-membered cyclic amide) rings is 1. The van der Waals surface area contributed by atoms with Crippen molar-refractivity contribution >= 4 is 45.7 Å². The Morgan fingerprint density at radius 2 is 2.07 bits per heavy atom. The summed E-state index contributed by atoms with van der Waals surface area (Å²) in [7, 11) is 1.45. The highest BCUT2D eigenvalue weighted by Gasteiger charge is 2.54. The summed E-state index contributed by atoms with van der Waals surface area (Å²) in [6, 6.07) is 7.55. The summed E-state index contributed by atoms with van der Waals surface area (Å²) in [5.41, 5.74) is 0.876. The Kier molecular flexibility index (Phi) is 5.78. The van der Waals surface area contributed by atoms with Gasteiger partial charge in [-0.05, 0) is 5.57 Å². The minimum Gasteiger partial charge on any atom is -0.477 e. The zero-order valence-electron chi connectivity index (χ0n) is 14.2. The van der Waals surface area contributed by atoms with E-state index in [-0.39, 0.29) is 28.4 Å². The summed E-state index contributed by atoms with van der Waals surface area (Å²) >= 11 is 1.40. The second-order valence-electron chi connectivity index (χ2n) is 5.83. The Morgan fingerprint density at radius 3 is 2.67 bits per heavy atom. The average Bonchev–Trinajstić information content (AvgIpc) is 2.67. The Hall–Kier alpha value is -2.43. The molecule has 1 aromatic carbocycles. The summed E-state index contributed by atoms with van der Waals surface area (Å²) in [4.78, 5) is 37.7. The number of nitrogens with zero attached hydrogens (tertiary/aromatic N) is 1. The largest absolute Gasteiger partial charge is 0.477 e. The molecule has 2 amide bonds. The topological polar surface area (TPSA) is 113 Å². The molecule has 1 fully saturated rings. The molecule has 0 saturated carbocycles. The smallest absolute Gasteiger partial charge is 0.352 e. The number of carboxylic acids is 1. The number of hydrogen-bond donors (Lipinski definition) is 2. The van der Waals surface area contributed by atoms with Crippen LogP contribution in [0.5, 0.6) is 0 Å². The molecular formula is C17H16N2O6S2. The lowest BCUT2D eigenvalue weighted by atomic mass is 10.0. The van der Waals surface area contributed by atoms with Gasteiger partial charge in [-0.1, -0.05) is 30.3 Å². The maximum atomic E-state index is 12.5. The number of hydrogen-bond acceptors (Lipinski definition) is 6. The molecule has 10 heteroatoms. The van der Waals surface area contributed by atoms with E-state index in [9.17, 15) is 23.7 Å². The average molecular weight is 408 g/mol. The van der Waals surface area contributed by atoms with E-state index in [2.05, 4.69) is 5.32 Å². The molecule has 0 bridgehead atoms. The van der Waals surface area contributed by atoms with Gasteiger partial charge in [0.1, 0.15) is 33.2 Å². The first kappa shape index (κ1) is 19.3. The molecule has 2 heterocycles. The molecular weight excluding hydrogens is 392 g/mol. The Balaban J connectivity index is 1.78. The maximum Gasteiger partial charge on any atom is 0.352 e. The molecule has 3 rings (SSSR count). The lowest BCUT2D eigenvalue weighted by molar-refractivity contribution is -0.150. The molecule has 2 atom stereocenters. The summed E-state index contributed by atoms with van der Waals surface area (Å²) in [5, 5.41) is 11.5. The highest BCUT2D eigenvalue weighted by molar-refractivity contribution is 8.00. The van der Waals surface area contributed by atoms with Crippen molar-refractivity contribution in [1.29, 1.82) is 0 Å². The molecule has 27 heavy (non-hydrogen) atoms. The van der Waals surface area contributed by atoms with Gasteiger partial charge in [0.15, 0.2) is 0 Å². The van der Waals surface area contributed by atoms with E-state index < -0.39 is 29.2 Å². The SMILES string of the molecule is COCC1=C(C(=O)O)N2C(=O)C(NC(=O)C(=S=O)c3ccccc3)[C@H]2SC1. The molecule has 0 aromatic heterocycles. The minimum absolute atomic E-state index is 0.0447. The molecule has 2 N–H and O–H groups in total. The van der Waals surface area contributed by atoms with Crippen LogP contribution in [0.25, 0.3) is 0 Å². The lowest BCUT2D eigenvalue weighted by Gasteiger charge is -2.49. The second-order valence-corrected chi connectivity index (χ2v) is 7.51. The molecule has 1 saturated heterocycles. The number of carboxylic acid groups (broad SMARTS) is 1. The predicted molar refractivity (Wildman–Crippen MR) is 100 cm³/mol. The summed E-state index contributed by atoms with van der Waals surface area (Å²) in [6.45, 7) is 0.112. The van der Waals surface area contributed by atoms with Crippen molar-refractivity contribution in [2.45, 2.75) is 11.4 Å². The molecule has 0 spiro atoms. The van der Waals surface area contributed by atoms with Gasteiger partial charge < -0.3 is 15.2 Å². The molecule has 1 aromatic rings. The molecule has 0 radical (unpaired) electrons. The number of benzene rings is 1. The van der Waals surface area contributed by atoms with Gasteiger partial charge in [0.05, 0.1) is 6.61 Å². The zero-order chi connectivity index (χ0) is 19.6. The van der Waals surface area contributed by atoms with Crippen LogP contribution in [0.15, 0.2) is 41.6 Å². The van der Waals surface area contributed by atoms with E-state index >= 15 is 0 Å². The van der Waals surface area contributed by atoms with E-state index in [0.29, 0.717) is 16.9 Å². The molecule has 142 valence electrons. The third-order valence-electron chi connectivity index (χ3n) is 4.18. The van der Waals surface area contributed by atoms with Gasteiger partial charge in [-0.3, -0.25) is 14.5 Å². The van der Waals surface area contributed by atoms with Crippen LogP contribution in [0.1, 0.15) is 5.56 Å². The molecule has 8 nitrogen and oxygen atoms in total. The van der Waals surface area contributed by atoms with Crippen LogP contribution >= 0.6 is 11.8 Å². The van der Waals surface area contributed by atoms with E-state index in [1.165, 1.54) is 23.8 Å². The van der Waals surface area contributed by atoms with Crippen LogP contribution in [0.3, 0.4) is 0 Å². The van der Waals surface area contributed by atoms with Crippen LogP contribution in [0.2, 0.25) is 0 Å². The number of rotatable bonds is 6. The van der Waals surface area contributed by atoms with Crippen LogP contribution in [-0.2, 0) is 30.4 Å². The molecule has 1 unspecified atom stereocenters. The summed E-state index contributed by atoms with van der Waals surface area (Å²) in [6.07, 6.45) is 0. The van der Waals surface area contributed by atoms with Crippen molar-refractivity contribution in [2.75, 3.05) is 19.5 Å². The van der Waals surface area contributed by atoms with Gasteiger partial charge >= 0.3 is 5.97 Å². The molecule has 2 aliphatic heterocycles. The predicted octanol–water partition coefficient (Wildman–Crippen LogP) is -0.195. The van der Waals surface area contributed by atoms with Gasteiger partial charge in [0, 0.05) is 18.4 Å². The zero-order valence-corrected chi connectivity index (χ0v) is 15.8. The van der Waals surface area contributed by atoms with Crippen LogP contribution in [0, 0.1) is 0 Å². The number of ether oxygens (including phenoxy) is 1. The van der Waals surface area contributed by atoms with E-state index in [0.717, 1.165) is 0 Å². The monoisotopic (exact) mass is 408 g/mol. The first-order valence-corrected chi connectivity index (χ1v) is 9.70. The maximum absolute atomic E-state index is 12.5. The normalized spacial score (nSPS) is 21.2. The van der Waals surface area contributed by atoms with Crippen molar-refractivity contribution in [3.8, 4) is 0 Å². The highest BCUT2D eigenvalue weighted by Crippen LogP contribution is 2.40. The third kappa shape index (κ3) is 3.55. The molecule has 0 aliphatic carbocycles. The van der Waals surface area contributed by atoms with Gasteiger partial charge in [-0.2, -0.15) is 0 Å². The van der Waals surface area contributed by atoms with Crippen molar-refractivity contribution < 1.29 is 28.4 Å². The van der Waals surface area contributed by atoms with Crippen molar-refractivity contribution in [3.63, 3.8) is 0 Å². The first-order chi connectivity index (χ1) is 13.0. The number of aliphatic carboxylic acids is 1. The fourth-order valence-electron chi connectivity index (χ4n) is 2.98. The molecule has 2 aliphatic rings. The third-order valence-corrected chi connectivity index (χ3v) is 6.11. The fourth-order valence-corrected chi connectivity index (χ4v) is 4.68. The van der Waals surface area contributed by atoms with Gasteiger partial charge in [0.2, 0.25) is 0 Å².